The SMILES string of the molecule is CC1(C)Cc2cc3n(c2C1)CCN(c1cc(F)cc(-n2cc(C#N)c(I)n2)c1CO)C3=O. The number of hydrogen-bond donors (Lipinski definition) is 1. The first kappa shape index (κ1) is 21.2. The average molecular weight is 545 g/mol. The Kier molecular flexibility index (Phi) is 4.90. The number of rotatable bonds is 3. The molecule has 0 radical (unpaired) electrons. The molecule has 0 unspecified atom stereocenters. The summed E-state index contributed by atoms with van der Waals surface area (Å²) in [5.41, 5.74) is 4.59. The first-order chi connectivity index (χ1) is 15.2. The van der Waals surface area contributed by atoms with Gasteiger partial charge in [-0.05, 0) is 58.5 Å². The van der Waals surface area contributed by atoms with Crippen molar-refractivity contribution in [3.63, 3.8) is 0 Å². The smallest absolute Gasteiger partial charge is 0.274 e. The van der Waals surface area contributed by atoms with Gasteiger partial charge in [-0.3, -0.25) is 4.79 Å². The topological polar surface area (TPSA) is 87.1 Å². The molecule has 0 atom stereocenters. The van der Waals surface area contributed by atoms with Gasteiger partial charge >= 0.3 is 0 Å². The molecule has 0 saturated heterocycles. The third kappa shape index (κ3) is 3.24. The minimum atomic E-state index is -0.547. The molecule has 7 nitrogen and oxygen atoms in total. The summed E-state index contributed by atoms with van der Waals surface area (Å²) in [7, 11) is 0. The van der Waals surface area contributed by atoms with E-state index in [1.165, 1.54) is 39.2 Å². The van der Waals surface area contributed by atoms with Crippen LogP contribution in [0.2, 0.25) is 0 Å². The van der Waals surface area contributed by atoms with Gasteiger partial charge in [0.15, 0.2) is 0 Å². The monoisotopic (exact) mass is 545 g/mol. The second kappa shape index (κ2) is 7.42. The van der Waals surface area contributed by atoms with Gasteiger partial charge in [0.25, 0.3) is 5.91 Å². The Bertz CT molecular complexity index is 1320. The highest BCUT2D eigenvalue weighted by Gasteiger charge is 2.37. The lowest BCUT2D eigenvalue weighted by atomic mass is 9.90. The van der Waals surface area contributed by atoms with Crippen LogP contribution in [0.1, 0.15) is 46.7 Å². The molecule has 0 fully saturated rings. The van der Waals surface area contributed by atoms with Gasteiger partial charge < -0.3 is 14.6 Å². The number of carbonyl (C=O) groups excluding carboxylic acids is 1. The highest BCUT2D eigenvalue weighted by atomic mass is 127. The molecule has 0 bridgehead atoms. The summed E-state index contributed by atoms with van der Waals surface area (Å²) in [5.74, 6) is -0.753. The van der Waals surface area contributed by atoms with Gasteiger partial charge in [0.05, 0.1) is 18.0 Å². The van der Waals surface area contributed by atoms with E-state index < -0.39 is 12.4 Å². The van der Waals surface area contributed by atoms with Gasteiger partial charge in [-0.2, -0.15) is 10.4 Å². The Morgan fingerprint density at radius 2 is 2.00 bits per heavy atom. The number of hydrogen-bond acceptors (Lipinski definition) is 4. The molecule has 9 heteroatoms. The molecule has 2 aromatic heterocycles. The van der Waals surface area contributed by atoms with Gasteiger partial charge in [-0.15, -0.1) is 0 Å². The Hall–Kier alpha value is -2.71. The molecule has 0 saturated carbocycles. The number of nitrogens with zero attached hydrogens (tertiary/aromatic N) is 5. The summed E-state index contributed by atoms with van der Waals surface area (Å²) in [6.07, 6.45) is 3.36. The zero-order valence-corrected chi connectivity index (χ0v) is 19.8. The standard InChI is InChI=1S/C23H21FIN5O2/c1-23(2)8-13-5-19-22(32)29(4-3-28(19)20(13)9-23)17-6-15(24)7-18(16(17)12-31)30-11-14(10-26)21(25)27-30/h5-7,11,31H,3-4,8-9,12H2,1-2H3. The van der Waals surface area contributed by atoms with Crippen LogP contribution < -0.4 is 4.90 Å². The van der Waals surface area contributed by atoms with E-state index in [9.17, 15) is 19.6 Å². The highest BCUT2D eigenvalue weighted by molar-refractivity contribution is 14.1. The largest absolute Gasteiger partial charge is 0.392 e. The van der Waals surface area contributed by atoms with Crippen LogP contribution in [0.25, 0.3) is 5.69 Å². The van der Waals surface area contributed by atoms with Crippen molar-refractivity contribution in [2.45, 2.75) is 39.8 Å². The number of halogens is 2. The number of amides is 1. The molecule has 3 aromatic rings. The minimum Gasteiger partial charge on any atom is -0.392 e. The second-order valence-electron chi connectivity index (χ2n) is 9.10. The Morgan fingerprint density at radius 1 is 1.25 bits per heavy atom. The molecule has 1 amide bonds. The molecular formula is C23H21FIN5O2. The van der Waals surface area contributed by atoms with E-state index in [0.29, 0.717) is 45.0 Å². The lowest BCUT2D eigenvalue weighted by molar-refractivity contribution is 0.0963. The van der Waals surface area contributed by atoms with Crippen LogP contribution in [0.15, 0.2) is 24.4 Å². The number of fused-ring (bicyclic) bond motifs is 3. The lowest BCUT2D eigenvalue weighted by Crippen LogP contribution is -2.41. The number of carbonyl (C=O) groups is 1. The molecule has 1 aliphatic heterocycles. The van der Waals surface area contributed by atoms with E-state index in [1.807, 2.05) is 34.7 Å². The van der Waals surface area contributed by atoms with Crippen molar-refractivity contribution in [1.82, 2.24) is 14.3 Å². The number of benzene rings is 1. The Morgan fingerprint density at radius 3 is 2.69 bits per heavy atom. The number of aliphatic hydroxyl groups is 1. The van der Waals surface area contributed by atoms with Gasteiger partial charge in [-0.25, -0.2) is 9.07 Å². The molecule has 0 spiro atoms. The van der Waals surface area contributed by atoms with Crippen LogP contribution in [0.4, 0.5) is 10.1 Å². The maximum atomic E-state index is 14.7. The van der Waals surface area contributed by atoms with Gasteiger partial charge in [0, 0.05) is 36.6 Å². The fourth-order valence-corrected chi connectivity index (χ4v) is 5.40. The number of aromatic nitrogens is 3. The van der Waals surface area contributed by atoms with Crippen LogP contribution in [-0.2, 0) is 26.0 Å². The molecule has 5 rings (SSSR count). The molecular weight excluding hydrogens is 524 g/mol. The van der Waals surface area contributed by atoms with Crippen molar-refractivity contribution in [2.24, 2.45) is 5.41 Å². The van der Waals surface area contributed by atoms with Gasteiger partial charge in [0.2, 0.25) is 0 Å². The molecule has 164 valence electrons. The number of nitriles is 1. The van der Waals surface area contributed by atoms with Crippen LogP contribution in [-0.4, -0.2) is 31.9 Å². The quantitative estimate of drug-likeness (QED) is 0.510. The third-order valence-electron chi connectivity index (χ3n) is 6.28. The third-order valence-corrected chi connectivity index (χ3v) is 7.07. The second-order valence-corrected chi connectivity index (χ2v) is 10.1. The molecule has 3 heterocycles. The lowest BCUT2D eigenvalue weighted by Gasteiger charge is -2.31. The molecule has 32 heavy (non-hydrogen) atoms. The van der Waals surface area contributed by atoms with Crippen LogP contribution >= 0.6 is 22.6 Å². The zero-order valence-electron chi connectivity index (χ0n) is 17.7. The predicted molar refractivity (Wildman–Crippen MR) is 124 cm³/mol. The Labute approximate surface area is 198 Å². The van der Waals surface area contributed by atoms with Crippen molar-refractivity contribution in [2.75, 3.05) is 11.4 Å². The minimum absolute atomic E-state index is 0.192. The summed E-state index contributed by atoms with van der Waals surface area (Å²) in [6.45, 7) is 5.04. The molecule has 1 aliphatic carbocycles. The number of anilines is 1. The van der Waals surface area contributed by atoms with Gasteiger partial charge in [0.1, 0.15) is 26.8 Å². The fourth-order valence-electron chi connectivity index (χ4n) is 4.91. The number of aliphatic hydroxyl groups excluding tert-OH is 1. The maximum Gasteiger partial charge on any atom is 0.274 e. The van der Waals surface area contributed by atoms with Crippen molar-refractivity contribution >= 4 is 34.2 Å². The Balaban J connectivity index is 1.58. The average Bonchev–Trinajstić information content (AvgIpc) is 3.37. The van der Waals surface area contributed by atoms with E-state index >= 15 is 0 Å². The van der Waals surface area contributed by atoms with E-state index in [-0.39, 0.29) is 11.3 Å². The summed E-state index contributed by atoms with van der Waals surface area (Å²) in [5, 5.41) is 23.7. The highest BCUT2D eigenvalue weighted by Crippen LogP contribution is 2.40. The van der Waals surface area contributed by atoms with Crippen molar-refractivity contribution < 1.29 is 14.3 Å². The van der Waals surface area contributed by atoms with Crippen molar-refractivity contribution in [3.8, 4) is 11.8 Å². The maximum absolute atomic E-state index is 14.7. The van der Waals surface area contributed by atoms with E-state index in [0.717, 1.165) is 12.8 Å². The summed E-state index contributed by atoms with van der Waals surface area (Å²) >= 11 is 1.93. The molecule has 1 N–H and O–H groups in total. The first-order valence-corrected chi connectivity index (χ1v) is 11.4. The van der Waals surface area contributed by atoms with E-state index in [4.69, 9.17) is 0 Å². The predicted octanol–water partition coefficient (Wildman–Crippen LogP) is 3.57. The van der Waals surface area contributed by atoms with E-state index in [1.54, 1.807) is 0 Å². The fraction of sp³-hybridized carbons (Fsp3) is 0.348. The van der Waals surface area contributed by atoms with E-state index in [2.05, 4.69) is 23.5 Å². The first-order valence-electron chi connectivity index (χ1n) is 10.3. The van der Waals surface area contributed by atoms with Crippen molar-refractivity contribution in [3.05, 3.63) is 62.0 Å². The summed E-state index contributed by atoms with van der Waals surface area (Å²) in [4.78, 5) is 15.0. The van der Waals surface area contributed by atoms with Crippen LogP contribution in [0, 0.1) is 26.3 Å². The molecule has 1 aromatic carbocycles. The summed E-state index contributed by atoms with van der Waals surface area (Å²) < 4.78 is 18.6. The summed E-state index contributed by atoms with van der Waals surface area (Å²) in [6, 6.07) is 6.54. The molecule has 2 aliphatic rings. The van der Waals surface area contributed by atoms with Crippen molar-refractivity contribution in [1.29, 1.82) is 5.26 Å². The van der Waals surface area contributed by atoms with Gasteiger partial charge in [-0.1, -0.05) is 13.8 Å². The zero-order chi connectivity index (χ0) is 22.8. The van der Waals surface area contributed by atoms with Crippen LogP contribution in [0.3, 0.4) is 0 Å². The van der Waals surface area contributed by atoms with Crippen LogP contribution in [0.5, 0.6) is 0 Å². The normalized spacial score (nSPS) is 16.8.